The van der Waals surface area contributed by atoms with Crippen LogP contribution < -0.4 is 5.32 Å². The first-order valence-corrected chi connectivity index (χ1v) is 13.1. The van der Waals surface area contributed by atoms with Crippen LogP contribution in [0.15, 0.2) is 89.8 Å². The van der Waals surface area contributed by atoms with E-state index in [0.29, 0.717) is 11.1 Å². The molecule has 36 heavy (non-hydrogen) atoms. The number of aryl methyl sites for hydroxylation is 1. The summed E-state index contributed by atoms with van der Waals surface area (Å²) in [6.45, 7) is 2.55. The monoisotopic (exact) mass is 505 g/mol. The van der Waals surface area contributed by atoms with Gasteiger partial charge in [0.2, 0.25) is 15.2 Å². The Morgan fingerprint density at radius 2 is 1.28 bits per heavy atom. The summed E-state index contributed by atoms with van der Waals surface area (Å²) in [7, 11) is -4.24. The molecule has 1 aliphatic rings. The fraction of sp³-hybridized carbons (Fsp3) is 0.222. The van der Waals surface area contributed by atoms with Gasteiger partial charge in [-0.1, -0.05) is 54.6 Å². The van der Waals surface area contributed by atoms with Crippen LogP contribution >= 0.6 is 0 Å². The minimum atomic E-state index is -4.24. The van der Waals surface area contributed by atoms with Gasteiger partial charge in [0.05, 0.1) is 4.90 Å². The van der Waals surface area contributed by atoms with Gasteiger partial charge in [0.25, 0.3) is 17.7 Å². The van der Waals surface area contributed by atoms with Gasteiger partial charge in [0, 0.05) is 37.3 Å². The molecule has 0 spiro atoms. The molecule has 0 bridgehead atoms. The van der Waals surface area contributed by atoms with Crippen molar-refractivity contribution in [3.05, 3.63) is 102 Å². The van der Waals surface area contributed by atoms with E-state index in [2.05, 4.69) is 5.32 Å². The molecular weight excluding hydrogens is 478 g/mol. The van der Waals surface area contributed by atoms with E-state index < -0.39 is 27.0 Å². The maximum Gasteiger partial charge on any atom is 0.261 e. The van der Waals surface area contributed by atoms with Crippen LogP contribution in [0.3, 0.4) is 0 Å². The van der Waals surface area contributed by atoms with Crippen molar-refractivity contribution >= 4 is 27.6 Å². The van der Waals surface area contributed by atoms with Crippen LogP contribution in [0.1, 0.15) is 26.3 Å². The number of carbonyl (C=O) groups excluding carboxylic acids is 3. The lowest BCUT2D eigenvalue weighted by atomic mass is 10.1. The molecule has 1 atom stereocenters. The van der Waals surface area contributed by atoms with Gasteiger partial charge in [0.1, 0.15) is 0 Å². The van der Waals surface area contributed by atoms with Crippen molar-refractivity contribution in [3.63, 3.8) is 0 Å². The van der Waals surface area contributed by atoms with Crippen LogP contribution in [0.5, 0.6) is 0 Å². The molecule has 1 fully saturated rings. The quantitative estimate of drug-likeness (QED) is 0.555. The van der Waals surface area contributed by atoms with Gasteiger partial charge in [-0.05, 0) is 42.8 Å². The van der Waals surface area contributed by atoms with Gasteiger partial charge in [-0.15, -0.1) is 0 Å². The van der Waals surface area contributed by atoms with Crippen LogP contribution in [0.2, 0.25) is 0 Å². The van der Waals surface area contributed by atoms with Gasteiger partial charge >= 0.3 is 0 Å². The molecule has 0 aliphatic carbocycles. The van der Waals surface area contributed by atoms with Crippen LogP contribution in [-0.4, -0.2) is 67.5 Å². The molecular formula is C27H27N3O5S. The van der Waals surface area contributed by atoms with E-state index in [0.717, 1.165) is 0 Å². The Bertz CT molecular complexity index is 1350. The zero-order valence-electron chi connectivity index (χ0n) is 19.8. The first kappa shape index (κ1) is 25.1. The second-order valence-electron chi connectivity index (χ2n) is 8.51. The summed E-state index contributed by atoms with van der Waals surface area (Å²) in [5.74, 6) is -1.53. The third kappa shape index (κ3) is 5.31. The van der Waals surface area contributed by atoms with Crippen molar-refractivity contribution in [2.75, 3.05) is 26.2 Å². The Hall–Kier alpha value is -3.98. The number of carbonyl (C=O) groups is 3. The van der Waals surface area contributed by atoms with Gasteiger partial charge in [-0.3, -0.25) is 14.4 Å². The highest BCUT2D eigenvalue weighted by Crippen LogP contribution is 2.19. The maximum absolute atomic E-state index is 13.5. The summed E-state index contributed by atoms with van der Waals surface area (Å²) in [6.07, 6.45) is 0. The summed E-state index contributed by atoms with van der Waals surface area (Å²) in [5.41, 5.74) is 1.50. The number of sulfone groups is 1. The van der Waals surface area contributed by atoms with Gasteiger partial charge in [-0.25, -0.2) is 8.42 Å². The fourth-order valence-corrected chi connectivity index (χ4v) is 5.59. The Morgan fingerprint density at radius 1 is 0.750 bits per heavy atom. The van der Waals surface area contributed by atoms with E-state index in [4.69, 9.17) is 0 Å². The highest BCUT2D eigenvalue weighted by atomic mass is 32.2. The smallest absolute Gasteiger partial charge is 0.261 e. The first-order chi connectivity index (χ1) is 17.3. The number of piperazine rings is 1. The number of benzene rings is 3. The molecule has 186 valence electrons. The Balaban J connectivity index is 1.56. The SMILES string of the molecule is Cc1ccccc1C(=O)NC(C(=O)N1CCN(C(=O)c2ccccc2)CC1)S(=O)(=O)c1ccccc1. The van der Waals surface area contributed by atoms with E-state index in [9.17, 15) is 22.8 Å². The predicted octanol–water partition coefficient (Wildman–Crippen LogP) is 2.51. The molecule has 1 aliphatic heterocycles. The van der Waals surface area contributed by atoms with E-state index in [-0.39, 0.29) is 42.5 Å². The molecule has 1 N–H and O–H groups in total. The number of nitrogens with one attached hydrogen (secondary N) is 1. The highest BCUT2D eigenvalue weighted by molar-refractivity contribution is 7.92. The summed E-state index contributed by atoms with van der Waals surface area (Å²) in [5, 5.41) is 0.669. The van der Waals surface area contributed by atoms with Crippen LogP contribution in [-0.2, 0) is 14.6 Å². The standard InChI is InChI=1S/C27H27N3O5S/c1-20-10-8-9-15-23(20)24(31)28-25(36(34,35)22-13-6-3-7-14-22)27(33)30-18-16-29(17-19-30)26(32)21-11-4-2-5-12-21/h2-15,25H,16-19H2,1H3,(H,28,31). The maximum atomic E-state index is 13.5. The number of hydrogen-bond acceptors (Lipinski definition) is 5. The molecule has 1 unspecified atom stereocenters. The van der Waals surface area contributed by atoms with E-state index >= 15 is 0 Å². The van der Waals surface area contributed by atoms with E-state index in [1.165, 1.54) is 17.0 Å². The zero-order chi connectivity index (χ0) is 25.7. The van der Waals surface area contributed by atoms with Crippen LogP contribution in [0, 0.1) is 6.92 Å². The van der Waals surface area contributed by atoms with Crippen molar-refractivity contribution in [3.8, 4) is 0 Å². The lowest BCUT2D eigenvalue weighted by Gasteiger charge is -2.36. The number of amides is 3. The summed E-state index contributed by atoms with van der Waals surface area (Å²) >= 11 is 0. The van der Waals surface area contributed by atoms with E-state index in [1.807, 2.05) is 6.07 Å². The minimum absolute atomic E-state index is 0.0636. The Kier molecular flexibility index (Phi) is 7.49. The largest absolute Gasteiger partial charge is 0.336 e. The number of hydrogen-bond donors (Lipinski definition) is 1. The number of nitrogens with zero attached hydrogens (tertiary/aromatic N) is 2. The molecule has 0 saturated carbocycles. The van der Waals surface area contributed by atoms with Crippen molar-refractivity contribution in [2.45, 2.75) is 17.2 Å². The predicted molar refractivity (Wildman–Crippen MR) is 135 cm³/mol. The Labute approximate surface area is 210 Å². The molecule has 1 saturated heterocycles. The van der Waals surface area contributed by atoms with Crippen molar-refractivity contribution < 1.29 is 22.8 Å². The third-order valence-corrected chi connectivity index (χ3v) is 8.03. The lowest BCUT2D eigenvalue weighted by molar-refractivity contribution is -0.132. The van der Waals surface area contributed by atoms with Gasteiger partial charge < -0.3 is 15.1 Å². The highest BCUT2D eigenvalue weighted by Gasteiger charge is 2.39. The average Bonchev–Trinajstić information content (AvgIpc) is 2.92. The molecule has 1 heterocycles. The van der Waals surface area contributed by atoms with E-state index in [1.54, 1.807) is 78.6 Å². The average molecular weight is 506 g/mol. The van der Waals surface area contributed by atoms with Gasteiger partial charge in [-0.2, -0.15) is 0 Å². The molecule has 9 heteroatoms. The van der Waals surface area contributed by atoms with Crippen LogP contribution in [0.4, 0.5) is 0 Å². The second-order valence-corrected chi connectivity index (χ2v) is 10.5. The molecule has 0 radical (unpaired) electrons. The molecule has 4 rings (SSSR count). The lowest BCUT2D eigenvalue weighted by Crippen LogP contribution is -2.57. The topological polar surface area (TPSA) is 104 Å². The van der Waals surface area contributed by atoms with Crippen molar-refractivity contribution in [2.24, 2.45) is 0 Å². The van der Waals surface area contributed by atoms with Crippen molar-refractivity contribution in [1.29, 1.82) is 0 Å². The minimum Gasteiger partial charge on any atom is -0.336 e. The molecule has 8 nitrogen and oxygen atoms in total. The Morgan fingerprint density at radius 3 is 1.89 bits per heavy atom. The molecule has 0 aromatic heterocycles. The van der Waals surface area contributed by atoms with Gasteiger partial charge in [0.15, 0.2) is 0 Å². The summed E-state index contributed by atoms with van der Waals surface area (Å²) in [4.78, 5) is 42.3. The van der Waals surface area contributed by atoms with Crippen molar-refractivity contribution in [1.82, 2.24) is 15.1 Å². The first-order valence-electron chi connectivity index (χ1n) is 11.6. The van der Waals surface area contributed by atoms with Crippen LogP contribution in [0.25, 0.3) is 0 Å². The molecule has 3 aromatic rings. The molecule has 3 aromatic carbocycles. The normalized spacial score (nSPS) is 14.7. The zero-order valence-corrected chi connectivity index (χ0v) is 20.6. The summed E-state index contributed by atoms with van der Waals surface area (Å²) < 4.78 is 27.0. The summed E-state index contributed by atoms with van der Waals surface area (Å²) in [6, 6.07) is 23.2. The third-order valence-electron chi connectivity index (χ3n) is 6.16. The number of rotatable bonds is 6. The fourth-order valence-electron chi connectivity index (χ4n) is 4.10. The second kappa shape index (κ2) is 10.7. The molecule has 3 amide bonds.